The number of ether oxygens (including phenoxy) is 2. The van der Waals surface area contributed by atoms with E-state index >= 15 is 0 Å². The summed E-state index contributed by atoms with van der Waals surface area (Å²) in [6, 6.07) is 5.69. The van der Waals surface area contributed by atoms with E-state index in [4.69, 9.17) is 15.2 Å². The first kappa shape index (κ1) is 21.6. The molecule has 0 saturated carbocycles. The molecule has 0 radical (unpaired) electrons. The average molecular weight is 431 g/mol. The molecule has 0 aliphatic heterocycles. The lowest BCUT2D eigenvalue weighted by Gasteiger charge is -2.15. The number of nitrogens with zero attached hydrogens (tertiary/aromatic N) is 3. The van der Waals surface area contributed by atoms with Gasteiger partial charge in [0.15, 0.2) is 11.5 Å². The minimum atomic E-state index is -0.444. The number of nitrogens with two attached hydrogens (primary N) is 1. The van der Waals surface area contributed by atoms with Gasteiger partial charge in [0.25, 0.3) is 5.56 Å². The van der Waals surface area contributed by atoms with Crippen LogP contribution in [0.1, 0.15) is 24.4 Å². The van der Waals surface area contributed by atoms with Crippen molar-refractivity contribution < 1.29 is 9.47 Å². The fourth-order valence-electron chi connectivity index (χ4n) is 3.24. The maximum atomic E-state index is 12.8. The number of anilines is 1. The van der Waals surface area contributed by atoms with Crippen LogP contribution >= 0.6 is 11.3 Å². The van der Waals surface area contributed by atoms with Gasteiger partial charge in [-0.25, -0.2) is 9.78 Å². The molecule has 0 amide bonds. The molecule has 160 valence electrons. The van der Waals surface area contributed by atoms with Crippen molar-refractivity contribution in [2.24, 2.45) is 13.0 Å². The second-order valence-corrected chi connectivity index (χ2v) is 8.35. The Labute approximate surface area is 178 Å². The Kier molecular flexibility index (Phi) is 6.31. The largest absolute Gasteiger partial charge is 0.493 e. The van der Waals surface area contributed by atoms with Gasteiger partial charge in [0.1, 0.15) is 11.4 Å². The standard InChI is InChI=1S/C21H26N4O4S/c1-12(2)10-25-19(22)18(20(26)24(3)21(25)27)14-11-30-17(23-14)9-13-6-7-15(28-4)16(8-13)29-5/h6-8,11-12H,9-10,22H2,1-5H3. The molecule has 2 heterocycles. The van der Waals surface area contributed by atoms with Crippen LogP contribution in [0.5, 0.6) is 11.5 Å². The Hall–Kier alpha value is -3.07. The maximum absolute atomic E-state index is 12.8. The summed E-state index contributed by atoms with van der Waals surface area (Å²) in [7, 11) is 4.64. The van der Waals surface area contributed by atoms with Crippen molar-refractivity contribution in [3.8, 4) is 22.8 Å². The zero-order valence-corrected chi connectivity index (χ0v) is 18.6. The maximum Gasteiger partial charge on any atom is 0.332 e. The predicted octanol–water partition coefficient (Wildman–Crippen LogP) is 2.52. The SMILES string of the molecule is COc1ccc(Cc2nc(-c3c(N)n(CC(C)C)c(=O)n(C)c3=O)cs2)cc1OC. The summed E-state index contributed by atoms with van der Waals surface area (Å²) in [5.74, 6) is 1.65. The van der Waals surface area contributed by atoms with Gasteiger partial charge >= 0.3 is 5.69 Å². The first-order chi connectivity index (χ1) is 14.3. The van der Waals surface area contributed by atoms with Crippen molar-refractivity contribution in [1.29, 1.82) is 0 Å². The van der Waals surface area contributed by atoms with E-state index in [1.807, 2.05) is 32.0 Å². The number of nitrogen functional groups attached to an aromatic ring is 1. The zero-order chi connectivity index (χ0) is 22.0. The summed E-state index contributed by atoms with van der Waals surface area (Å²) >= 11 is 1.44. The summed E-state index contributed by atoms with van der Waals surface area (Å²) in [6.45, 7) is 4.40. The van der Waals surface area contributed by atoms with Gasteiger partial charge in [-0.1, -0.05) is 19.9 Å². The van der Waals surface area contributed by atoms with Crippen LogP contribution in [0.25, 0.3) is 11.3 Å². The van der Waals surface area contributed by atoms with E-state index in [1.165, 1.54) is 23.0 Å². The molecule has 8 nitrogen and oxygen atoms in total. The van der Waals surface area contributed by atoms with E-state index in [0.717, 1.165) is 15.1 Å². The lowest BCUT2D eigenvalue weighted by Crippen LogP contribution is -2.41. The highest BCUT2D eigenvalue weighted by atomic mass is 32.1. The fourth-order valence-corrected chi connectivity index (χ4v) is 4.06. The van der Waals surface area contributed by atoms with Gasteiger partial charge in [0.2, 0.25) is 0 Å². The highest BCUT2D eigenvalue weighted by Gasteiger charge is 2.20. The molecule has 0 fully saturated rings. The average Bonchev–Trinajstić information content (AvgIpc) is 3.17. The van der Waals surface area contributed by atoms with Gasteiger partial charge in [0, 0.05) is 25.4 Å². The number of thiazole rings is 1. The van der Waals surface area contributed by atoms with E-state index in [2.05, 4.69) is 4.98 Å². The second kappa shape index (κ2) is 8.74. The third kappa shape index (κ3) is 4.11. The second-order valence-electron chi connectivity index (χ2n) is 7.40. The van der Waals surface area contributed by atoms with E-state index in [0.29, 0.717) is 30.2 Å². The number of hydrogen-bond donors (Lipinski definition) is 1. The Morgan fingerprint density at radius 3 is 2.50 bits per heavy atom. The summed E-state index contributed by atoms with van der Waals surface area (Å²) in [6.07, 6.45) is 0.566. The number of benzene rings is 1. The van der Waals surface area contributed by atoms with Gasteiger partial charge < -0.3 is 15.2 Å². The molecule has 30 heavy (non-hydrogen) atoms. The normalized spacial score (nSPS) is 11.1. The minimum absolute atomic E-state index is 0.153. The minimum Gasteiger partial charge on any atom is -0.493 e. The van der Waals surface area contributed by atoms with Gasteiger partial charge in [0.05, 0.1) is 24.9 Å². The van der Waals surface area contributed by atoms with Gasteiger partial charge in [-0.3, -0.25) is 13.9 Å². The highest BCUT2D eigenvalue weighted by Crippen LogP contribution is 2.30. The molecule has 3 aromatic rings. The molecule has 1 aromatic carbocycles. The summed E-state index contributed by atoms with van der Waals surface area (Å²) in [5.41, 5.74) is 7.12. The molecule has 9 heteroatoms. The van der Waals surface area contributed by atoms with Crippen molar-refractivity contribution >= 4 is 17.2 Å². The van der Waals surface area contributed by atoms with E-state index in [1.54, 1.807) is 19.6 Å². The predicted molar refractivity (Wildman–Crippen MR) is 119 cm³/mol. The Morgan fingerprint density at radius 1 is 1.17 bits per heavy atom. The van der Waals surface area contributed by atoms with Crippen molar-refractivity contribution in [1.82, 2.24) is 14.1 Å². The quantitative estimate of drug-likeness (QED) is 0.618. The van der Waals surface area contributed by atoms with Crippen LogP contribution in [0.15, 0.2) is 33.2 Å². The fraction of sp³-hybridized carbons (Fsp3) is 0.381. The van der Waals surface area contributed by atoms with Crippen LogP contribution in [-0.4, -0.2) is 28.3 Å². The first-order valence-corrected chi connectivity index (χ1v) is 10.4. The van der Waals surface area contributed by atoms with Gasteiger partial charge in [-0.05, 0) is 23.6 Å². The van der Waals surface area contributed by atoms with Crippen LogP contribution in [0, 0.1) is 5.92 Å². The lowest BCUT2D eigenvalue weighted by atomic mass is 10.1. The third-order valence-electron chi connectivity index (χ3n) is 4.74. The molecule has 3 rings (SSSR count). The molecule has 2 N–H and O–H groups in total. The van der Waals surface area contributed by atoms with Crippen molar-refractivity contribution in [3.05, 3.63) is 55.0 Å². The summed E-state index contributed by atoms with van der Waals surface area (Å²) in [5, 5.41) is 2.62. The van der Waals surface area contributed by atoms with Crippen LogP contribution in [0.3, 0.4) is 0 Å². The van der Waals surface area contributed by atoms with E-state index in [9.17, 15) is 9.59 Å². The van der Waals surface area contributed by atoms with Crippen molar-refractivity contribution in [2.45, 2.75) is 26.8 Å². The molecular formula is C21H26N4O4S. The van der Waals surface area contributed by atoms with E-state index in [-0.39, 0.29) is 17.3 Å². The molecule has 0 atom stereocenters. The molecule has 0 aliphatic rings. The summed E-state index contributed by atoms with van der Waals surface area (Å²) in [4.78, 5) is 29.9. The Balaban J connectivity index is 2.00. The van der Waals surface area contributed by atoms with Gasteiger partial charge in [-0.15, -0.1) is 11.3 Å². The Bertz CT molecular complexity index is 1180. The number of aromatic nitrogens is 3. The molecule has 0 aliphatic carbocycles. The number of rotatable bonds is 7. The van der Waals surface area contributed by atoms with Crippen molar-refractivity contribution in [3.63, 3.8) is 0 Å². The molecule has 2 aromatic heterocycles. The lowest BCUT2D eigenvalue weighted by molar-refractivity contribution is 0.354. The highest BCUT2D eigenvalue weighted by molar-refractivity contribution is 7.10. The molecule has 0 unspecified atom stereocenters. The first-order valence-electron chi connectivity index (χ1n) is 9.51. The summed E-state index contributed by atoms with van der Waals surface area (Å²) < 4.78 is 13.2. The monoisotopic (exact) mass is 430 g/mol. The molecule has 0 bridgehead atoms. The van der Waals surface area contributed by atoms with E-state index < -0.39 is 11.2 Å². The van der Waals surface area contributed by atoms with Gasteiger partial charge in [-0.2, -0.15) is 0 Å². The number of hydrogen-bond acceptors (Lipinski definition) is 7. The van der Waals surface area contributed by atoms with Crippen molar-refractivity contribution in [2.75, 3.05) is 20.0 Å². The van der Waals surface area contributed by atoms with Crippen LogP contribution in [-0.2, 0) is 20.0 Å². The molecular weight excluding hydrogens is 404 g/mol. The molecule has 0 spiro atoms. The zero-order valence-electron chi connectivity index (χ0n) is 17.8. The van der Waals surface area contributed by atoms with Crippen LogP contribution < -0.4 is 26.5 Å². The van der Waals surface area contributed by atoms with Crippen LogP contribution in [0.2, 0.25) is 0 Å². The number of methoxy groups -OCH3 is 2. The smallest absolute Gasteiger partial charge is 0.332 e. The van der Waals surface area contributed by atoms with Crippen LogP contribution in [0.4, 0.5) is 5.82 Å². The third-order valence-corrected chi connectivity index (χ3v) is 5.59. The topological polar surface area (TPSA) is 101 Å². The Morgan fingerprint density at radius 2 is 1.87 bits per heavy atom. The molecule has 0 saturated heterocycles.